The van der Waals surface area contributed by atoms with Crippen molar-refractivity contribution in [3.8, 4) is 5.75 Å². The van der Waals surface area contributed by atoms with Crippen molar-refractivity contribution in [2.24, 2.45) is 0 Å². The second kappa shape index (κ2) is 9.35. The van der Waals surface area contributed by atoms with Gasteiger partial charge in [-0.2, -0.15) is 0 Å². The van der Waals surface area contributed by atoms with Crippen LogP contribution in [0.3, 0.4) is 0 Å². The Labute approximate surface area is 119 Å². The summed E-state index contributed by atoms with van der Waals surface area (Å²) in [6.45, 7) is 1.65. The van der Waals surface area contributed by atoms with Gasteiger partial charge in [0.2, 0.25) is 0 Å². The fourth-order valence-electron chi connectivity index (χ4n) is 0.900. The Bertz CT molecular complexity index is 410. The average molecular weight is 334 g/mol. The number of carboxylic acids is 2. The normalized spacial score (nSPS) is 9.47. The minimum absolute atomic E-state index is 0.718. The number of rotatable bonds is 4. The van der Waals surface area contributed by atoms with Gasteiger partial charge in [-0.3, -0.25) is 0 Å². The van der Waals surface area contributed by atoms with E-state index >= 15 is 0 Å². The first-order chi connectivity index (χ1) is 8.84. The lowest BCUT2D eigenvalue weighted by Gasteiger charge is -2.11. The van der Waals surface area contributed by atoms with Gasteiger partial charge in [0.05, 0.1) is 4.47 Å². The van der Waals surface area contributed by atoms with E-state index in [0.29, 0.717) is 0 Å². The predicted octanol–water partition coefficient (Wildman–Crippen LogP) is 1.55. The number of nitrogens with zero attached hydrogens (tertiary/aromatic N) is 1. The number of likely N-dealkylation sites (N-methyl/N-ethyl adjacent to an activating group) is 1. The molecule has 1 rings (SSSR count). The van der Waals surface area contributed by atoms with Crippen LogP contribution in [0.1, 0.15) is 0 Å². The number of para-hydroxylation sites is 1. The molecule has 0 aromatic heterocycles. The van der Waals surface area contributed by atoms with Crippen molar-refractivity contribution in [3.63, 3.8) is 0 Å². The van der Waals surface area contributed by atoms with Crippen molar-refractivity contribution in [1.29, 1.82) is 0 Å². The van der Waals surface area contributed by atoms with E-state index in [9.17, 15) is 0 Å². The summed E-state index contributed by atoms with van der Waals surface area (Å²) < 4.78 is 6.57. The number of carboxylic acid groups (broad SMARTS) is 2. The van der Waals surface area contributed by atoms with Gasteiger partial charge in [-0.1, -0.05) is 12.1 Å². The van der Waals surface area contributed by atoms with E-state index in [-0.39, 0.29) is 0 Å². The van der Waals surface area contributed by atoms with Crippen LogP contribution in [-0.4, -0.2) is 54.3 Å². The van der Waals surface area contributed by atoms with Crippen LogP contribution in [0.5, 0.6) is 5.75 Å². The molecule has 0 heterocycles. The molecule has 0 aliphatic carbocycles. The maximum atomic E-state index is 9.10. The highest BCUT2D eigenvalue weighted by Gasteiger charge is 2.04. The molecule has 0 saturated carbocycles. The van der Waals surface area contributed by atoms with Crippen LogP contribution in [-0.2, 0) is 9.59 Å². The number of aliphatic carboxylic acids is 2. The van der Waals surface area contributed by atoms with Crippen molar-refractivity contribution in [2.45, 2.75) is 0 Å². The monoisotopic (exact) mass is 333 g/mol. The first kappa shape index (κ1) is 17.4. The summed E-state index contributed by atoms with van der Waals surface area (Å²) in [4.78, 5) is 20.3. The fraction of sp³-hybridized carbons (Fsp3) is 0.333. The molecule has 6 nitrogen and oxygen atoms in total. The Balaban J connectivity index is 0.000000459. The van der Waals surface area contributed by atoms with Gasteiger partial charge in [0.15, 0.2) is 0 Å². The quantitative estimate of drug-likeness (QED) is 0.813. The lowest BCUT2D eigenvalue weighted by molar-refractivity contribution is -0.159. The number of hydrogen-bond donors (Lipinski definition) is 2. The van der Waals surface area contributed by atoms with Gasteiger partial charge in [-0.05, 0) is 42.2 Å². The van der Waals surface area contributed by atoms with Crippen molar-refractivity contribution >= 4 is 27.9 Å². The van der Waals surface area contributed by atoms with E-state index in [1.54, 1.807) is 0 Å². The molecule has 0 unspecified atom stereocenters. The summed E-state index contributed by atoms with van der Waals surface area (Å²) in [6.07, 6.45) is 0. The van der Waals surface area contributed by atoms with E-state index < -0.39 is 11.9 Å². The minimum atomic E-state index is -1.82. The molecular formula is C12H16BrNO5. The third-order valence-electron chi connectivity index (χ3n) is 1.82. The Morgan fingerprint density at radius 1 is 1.21 bits per heavy atom. The SMILES string of the molecule is CN(C)CCOc1ccccc1Br.O=C(O)C(=O)O. The largest absolute Gasteiger partial charge is 0.491 e. The van der Waals surface area contributed by atoms with Crippen LogP contribution < -0.4 is 4.74 Å². The molecule has 0 bridgehead atoms. The zero-order valence-corrected chi connectivity index (χ0v) is 12.3. The van der Waals surface area contributed by atoms with E-state index in [4.69, 9.17) is 24.5 Å². The molecule has 1 aromatic rings. The molecule has 0 atom stereocenters. The molecule has 0 saturated heterocycles. The van der Waals surface area contributed by atoms with Gasteiger partial charge in [-0.25, -0.2) is 9.59 Å². The van der Waals surface area contributed by atoms with Crippen molar-refractivity contribution in [3.05, 3.63) is 28.7 Å². The summed E-state index contributed by atoms with van der Waals surface area (Å²) in [7, 11) is 4.06. The molecule has 106 valence electrons. The van der Waals surface area contributed by atoms with E-state index in [2.05, 4.69) is 20.8 Å². The van der Waals surface area contributed by atoms with E-state index in [1.165, 1.54) is 0 Å². The Hall–Kier alpha value is -1.60. The number of ether oxygens (including phenoxy) is 1. The molecule has 2 N–H and O–H groups in total. The standard InChI is InChI=1S/C10H14BrNO.C2H2O4/c1-12(2)7-8-13-10-6-4-3-5-9(10)11;3-1(4)2(5)6/h3-6H,7-8H2,1-2H3;(H,3,4)(H,5,6). The zero-order valence-electron chi connectivity index (χ0n) is 10.7. The van der Waals surface area contributed by atoms with Gasteiger partial charge in [0.25, 0.3) is 0 Å². The van der Waals surface area contributed by atoms with Gasteiger partial charge in [-0.15, -0.1) is 0 Å². The third-order valence-corrected chi connectivity index (χ3v) is 2.47. The number of hydrogen-bond acceptors (Lipinski definition) is 4. The van der Waals surface area contributed by atoms with Crippen LogP contribution in [0.4, 0.5) is 0 Å². The second-order valence-corrected chi connectivity index (χ2v) is 4.55. The molecular weight excluding hydrogens is 318 g/mol. The highest BCUT2D eigenvalue weighted by Crippen LogP contribution is 2.23. The first-order valence-electron chi connectivity index (χ1n) is 5.33. The molecule has 0 fully saturated rings. The van der Waals surface area contributed by atoms with Gasteiger partial charge in [0.1, 0.15) is 12.4 Å². The molecule has 0 radical (unpaired) electrons. The zero-order chi connectivity index (χ0) is 14.8. The van der Waals surface area contributed by atoms with Crippen LogP contribution in [0, 0.1) is 0 Å². The Kier molecular flexibility index (Phi) is 8.56. The van der Waals surface area contributed by atoms with Crippen LogP contribution in [0.25, 0.3) is 0 Å². The van der Waals surface area contributed by atoms with Crippen molar-refractivity contribution < 1.29 is 24.5 Å². The lowest BCUT2D eigenvalue weighted by Crippen LogP contribution is -2.19. The van der Waals surface area contributed by atoms with Gasteiger partial charge < -0.3 is 19.8 Å². The molecule has 0 spiro atoms. The van der Waals surface area contributed by atoms with Crippen LogP contribution in [0.15, 0.2) is 28.7 Å². The smallest absolute Gasteiger partial charge is 0.414 e. The first-order valence-corrected chi connectivity index (χ1v) is 6.12. The van der Waals surface area contributed by atoms with E-state index in [1.807, 2.05) is 38.4 Å². The maximum Gasteiger partial charge on any atom is 0.414 e. The molecule has 19 heavy (non-hydrogen) atoms. The molecule has 1 aromatic carbocycles. The summed E-state index contributed by atoms with van der Waals surface area (Å²) in [5.41, 5.74) is 0. The summed E-state index contributed by atoms with van der Waals surface area (Å²) in [5, 5.41) is 14.8. The minimum Gasteiger partial charge on any atom is -0.491 e. The van der Waals surface area contributed by atoms with Gasteiger partial charge >= 0.3 is 11.9 Å². The predicted molar refractivity (Wildman–Crippen MR) is 73.5 cm³/mol. The van der Waals surface area contributed by atoms with Crippen LogP contribution in [0.2, 0.25) is 0 Å². The summed E-state index contributed by atoms with van der Waals surface area (Å²) in [5.74, 6) is -2.74. The van der Waals surface area contributed by atoms with Gasteiger partial charge in [0, 0.05) is 6.54 Å². The highest BCUT2D eigenvalue weighted by molar-refractivity contribution is 9.10. The Morgan fingerprint density at radius 3 is 2.16 bits per heavy atom. The highest BCUT2D eigenvalue weighted by atomic mass is 79.9. The molecule has 7 heteroatoms. The maximum absolute atomic E-state index is 9.10. The van der Waals surface area contributed by atoms with Crippen molar-refractivity contribution in [2.75, 3.05) is 27.2 Å². The summed E-state index contributed by atoms with van der Waals surface area (Å²) >= 11 is 3.42. The number of benzene rings is 1. The molecule has 0 amide bonds. The topological polar surface area (TPSA) is 87.1 Å². The average Bonchev–Trinajstić information content (AvgIpc) is 2.32. The number of halogens is 1. The van der Waals surface area contributed by atoms with Crippen LogP contribution >= 0.6 is 15.9 Å². The van der Waals surface area contributed by atoms with Crippen molar-refractivity contribution in [1.82, 2.24) is 4.90 Å². The number of carbonyl (C=O) groups is 2. The van der Waals surface area contributed by atoms with E-state index in [0.717, 1.165) is 23.4 Å². The lowest BCUT2D eigenvalue weighted by atomic mass is 10.3. The third kappa shape index (κ3) is 9.04. The Morgan fingerprint density at radius 2 is 1.74 bits per heavy atom. The second-order valence-electron chi connectivity index (χ2n) is 3.69. The fourth-order valence-corrected chi connectivity index (χ4v) is 1.30. The molecule has 0 aliphatic rings. The summed E-state index contributed by atoms with van der Waals surface area (Å²) in [6, 6.07) is 7.88. The molecule has 0 aliphatic heterocycles.